The Hall–Kier alpha value is -1.83. The Balaban J connectivity index is 1.95. The molecular weight excluding hydrogens is 218 g/mol. The third-order valence-electron chi connectivity index (χ3n) is 2.10. The van der Waals surface area contributed by atoms with Crippen LogP contribution in [0.1, 0.15) is 12.8 Å². The van der Waals surface area contributed by atoms with Crippen LogP contribution in [0.2, 0.25) is 0 Å². The predicted molar refractivity (Wildman–Crippen MR) is 52.4 cm³/mol. The van der Waals surface area contributed by atoms with Gasteiger partial charge in [0.2, 0.25) is 0 Å². The van der Waals surface area contributed by atoms with Crippen LogP contribution in [0.5, 0.6) is 0 Å². The second kappa shape index (κ2) is 4.35. The molecule has 2 heterocycles. The van der Waals surface area contributed by atoms with Crippen LogP contribution in [-0.2, 0) is 4.74 Å². The zero-order valence-electron chi connectivity index (χ0n) is 8.39. The monoisotopic (exact) mass is 229 g/mol. The van der Waals surface area contributed by atoms with Crippen LogP contribution < -0.4 is 21.9 Å². The summed E-state index contributed by atoms with van der Waals surface area (Å²) in [5.74, 6) is 0. The number of hydrogen-bond donors (Lipinski definition) is 2. The normalized spacial score (nSPS) is 18.4. The van der Waals surface area contributed by atoms with Gasteiger partial charge in [-0.1, -0.05) is 4.73 Å². The van der Waals surface area contributed by atoms with Crippen LogP contribution in [0.25, 0.3) is 0 Å². The van der Waals surface area contributed by atoms with Crippen molar-refractivity contribution < 1.29 is 9.57 Å². The fourth-order valence-electron chi connectivity index (χ4n) is 1.24. The van der Waals surface area contributed by atoms with Gasteiger partial charge in [0.15, 0.2) is 0 Å². The molecule has 2 rings (SSSR count). The second-order valence-corrected chi connectivity index (χ2v) is 3.41. The van der Waals surface area contributed by atoms with Crippen molar-refractivity contribution in [1.82, 2.24) is 14.7 Å². The number of epoxide rings is 1. The van der Waals surface area contributed by atoms with Gasteiger partial charge in [0.05, 0.1) is 12.7 Å². The standard InChI is InChI=1S/C8H11N3O5/c12-6-9-7(13)11(8(14)10-6)16-3-1-2-5-4-15-5/h5H,1-4H2,(H2,9,10,12,13,14). The summed E-state index contributed by atoms with van der Waals surface area (Å²) >= 11 is 0. The summed E-state index contributed by atoms with van der Waals surface area (Å²) in [4.78, 5) is 41.7. The SMILES string of the molecule is O=c1[nH]c(=O)n(OCCCC2CO2)c(=O)[nH]1. The molecule has 1 aliphatic rings. The maximum atomic E-state index is 11.1. The summed E-state index contributed by atoms with van der Waals surface area (Å²) in [5.41, 5.74) is -2.60. The molecular formula is C8H11N3O5. The maximum absolute atomic E-state index is 11.1. The minimum absolute atomic E-state index is 0.217. The molecule has 2 N–H and O–H groups in total. The molecule has 1 aliphatic heterocycles. The molecule has 8 heteroatoms. The molecule has 8 nitrogen and oxygen atoms in total. The molecule has 0 aliphatic carbocycles. The lowest BCUT2D eigenvalue weighted by molar-refractivity contribution is 0.0831. The van der Waals surface area contributed by atoms with Crippen LogP contribution >= 0.6 is 0 Å². The van der Waals surface area contributed by atoms with Gasteiger partial charge >= 0.3 is 17.1 Å². The highest BCUT2D eigenvalue weighted by molar-refractivity contribution is 4.68. The smallest absolute Gasteiger partial charge is 0.367 e. The highest BCUT2D eigenvalue weighted by atomic mass is 16.7. The number of hydrogen-bond acceptors (Lipinski definition) is 5. The molecule has 1 saturated heterocycles. The Labute approximate surface area is 88.8 Å². The van der Waals surface area contributed by atoms with Gasteiger partial charge in [0, 0.05) is 0 Å². The first-order valence-electron chi connectivity index (χ1n) is 4.87. The topological polar surface area (TPSA) is 109 Å². The fourth-order valence-corrected chi connectivity index (χ4v) is 1.24. The van der Waals surface area contributed by atoms with E-state index in [4.69, 9.17) is 9.57 Å². The summed E-state index contributed by atoms with van der Waals surface area (Å²) < 4.78 is 5.48. The lowest BCUT2D eigenvalue weighted by Crippen LogP contribution is -2.46. The molecule has 0 spiro atoms. The Kier molecular flexibility index (Phi) is 2.91. The third-order valence-corrected chi connectivity index (χ3v) is 2.10. The van der Waals surface area contributed by atoms with Crippen LogP contribution in [0, 0.1) is 0 Å². The predicted octanol–water partition coefficient (Wildman–Crippen LogP) is -2.17. The largest absolute Gasteiger partial charge is 0.405 e. The number of ether oxygens (including phenoxy) is 1. The maximum Gasteiger partial charge on any atom is 0.367 e. The molecule has 16 heavy (non-hydrogen) atoms. The van der Waals surface area contributed by atoms with Crippen molar-refractivity contribution in [3.8, 4) is 0 Å². The minimum Gasteiger partial charge on any atom is -0.405 e. The van der Waals surface area contributed by atoms with E-state index in [0.29, 0.717) is 11.2 Å². The molecule has 1 fully saturated rings. The van der Waals surface area contributed by atoms with Gasteiger partial charge in [0.25, 0.3) is 0 Å². The third kappa shape index (κ3) is 2.60. The van der Waals surface area contributed by atoms with Gasteiger partial charge in [-0.15, -0.1) is 0 Å². The van der Waals surface area contributed by atoms with Gasteiger partial charge < -0.3 is 9.57 Å². The molecule has 88 valence electrons. The summed E-state index contributed by atoms with van der Waals surface area (Å²) in [6.45, 7) is 0.980. The number of nitrogens with zero attached hydrogens (tertiary/aromatic N) is 1. The lowest BCUT2D eigenvalue weighted by Gasteiger charge is -2.04. The molecule has 1 atom stereocenters. The first-order valence-corrected chi connectivity index (χ1v) is 4.87. The van der Waals surface area contributed by atoms with E-state index in [2.05, 4.69) is 0 Å². The van der Waals surface area contributed by atoms with Crippen molar-refractivity contribution in [2.45, 2.75) is 18.9 Å². The molecule has 0 amide bonds. The zero-order valence-corrected chi connectivity index (χ0v) is 8.39. The van der Waals surface area contributed by atoms with Crippen molar-refractivity contribution in [3.63, 3.8) is 0 Å². The lowest BCUT2D eigenvalue weighted by atomic mass is 10.3. The van der Waals surface area contributed by atoms with Gasteiger partial charge in [-0.3, -0.25) is 9.97 Å². The average Bonchev–Trinajstić information content (AvgIpc) is 2.98. The number of rotatable bonds is 5. The van der Waals surface area contributed by atoms with Crippen LogP contribution in [0.3, 0.4) is 0 Å². The van der Waals surface area contributed by atoms with Crippen molar-refractivity contribution >= 4 is 0 Å². The average molecular weight is 229 g/mol. The van der Waals surface area contributed by atoms with Gasteiger partial charge in [0.1, 0.15) is 6.61 Å². The van der Waals surface area contributed by atoms with E-state index < -0.39 is 17.1 Å². The Bertz CT molecular complexity index is 489. The fraction of sp³-hybridized carbons (Fsp3) is 0.625. The molecule has 1 aromatic heterocycles. The Morgan fingerprint density at radius 2 is 1.94 bits per heavy atom. The van der Waals surface area contributed by atoms with Crippen molar-refractivity contribution in [1.29, 1.82) is 0 Å². The number of nitrogens with one attached hydrogen (secondary N) is 2. The van der Waals surface area contributed by atoms with E-state index in [-0.39, 0.29) is 12.7 Å². The van der Waals surface area contributed by atoms with E-state index in [0.717, 1.165) is 13.0 Å². The Morgan fingerprint density at radius 3 is 2.50 bits per heavy atom. The summed E-state index contributed by atoms with van der Waals surface area (Å²) in [7, 11) is 0. The summed E-state index contributed by atoms with van der Waals surface area (Å²) in [6, 6.07) is 0. The first-order chi connectivity index (χ1) is 7.66. The van der Waals surface area contributed by atoms with Crippen molar-refractivity contribution in [3.05, 3.63) is 31.5 Å². The van der Waals surface area contributed by atoms with E-state index >= 15 is 0 Å². The van der Waals surface area contributed by atoms with Gasteiger partial charge in [-0.2, -0.15) is 0 Å². The number of H-pyrrole nitrogens is 2. The molecule has 0 radical (unpaired) electrons. The molecule has 0 bridgehead atoms. The second-order valence-electron chi connectivity index (χ2n) is 3.41. The highest BCUT2D eigenvalue weighted by Gasteiger charge is 2.21. The molecule has 1 unspecified atom stereocenters. The van der Waals surface area contributed by atoms with Crippen LogP contribution in [0.15, 0.2) is 14.4 Å². The first kappa shape index (κ1) is 10.7. The highest BCUT2D eigenvalue weighted by Crippen LogP contribution is 2.14. The Morgan fingerprint density at radius 1 is 1.31 bits per heavy atom. The zero-order chi connectivity index (χ0) is 11.5. The van der Waals surface area contributed by atoms with Crippen LogP contribution in [-0.4, -0.2) is 34.0 Å². The van der Waals surface area contributed by atoms with Gasteiger partial charge in [-0.25, -0.2) is 14.4 Å². The molecule has 0 saturated carbocycles. The number of aromatic amines is 2. The van der Waals surface area contributed by atoms with E-state index in [1.54, 1.807) is 0 Å². The molecule has 0 aromatic carbocycles. The van der Waals surface area contributed by atoms with E-state index in [1.807, 2.05) is 9.97 Å². The molecule has 1 aromatic rings. The van der Waals surface area contributed by atoms with Crippen molar-refractivity contribution in [2.75, 3.05) is 13.2 Å². The van der Waals surface area contributed by atoms with Crippen molar-refractivity contribution in [2.24, 2.45) is 0 Å². The van der Waals surface area contributed by atoms with Gasteiger partial charge in [-0.05, 0) is 12.8 Å². The van der Waals surface area contributed by atoms with E-state index in [1.165, 1.54) is 0 Å². The minimum atomic E-state index is -0.878. The van der Waals surface area contributed by atoms with Crippen LogP contribution in [0.4, 0.5) is 0 Å². The quantitative estimate of drug-likeness (QED) is 0.441. The number of aromatic nitrogens is 3. The van der Waals surface area contributed by atoms with E-state index in [9.17, 15) is 14.4 Å². The summed E-state index contributed by atoms with van der Waals surface area (Å²) in [5, 5.41) is 0. The summed E-state index contributed by atoms with van der Waals surface area (Å²) in [6.07, 6.45) is 1.79.